The fraction of sp³-hybridized carbons (Fsp3) is 0.444. The van der Waals surface area contributed by atoms with Crippen LogP contribution in [0.25, 0.3) is 0 Å². The third kappa shape index (κ3) is 2.38. The van der Waals surface area contributed by atoms with Gasteiger partial charge in [0.15, 0.2) is 9.84 Å². The van der Waals surface area contributed by atoms with E-state index < -0.39 is 9.84 Å². The molecule has 1 atom stereocenters. The smallest absolute Gasteiger partial charge is 0.267 e. The van der Waals surface area contributed by atoms with E-state index in [2.05, 4.69) is 10.3 Å². The number of nitrogens with one attached hydrogen (secondary N) is 2. The zero-order valence-electron chi connectivity index (χ0n) is 8.06. The van der Waals surface area contributed by atoms with E-state index in [4.69, 9.17) is 0 Å². The van der Waals surface area contributed by atoms with Crippen LogP contribution in [0.5, 0.6) is 0 Å². The summed E-state index contributed by atoms with van der Waals surface area (Å²) in [5.41, 5.74) is 0.458. The first-order valence-electron chi connectivity index (χ1n) is 4.71. The molecule has 82 valence electrons. The van der Waals surface area contributed by atoms with E-state index in [1.807, 2.05) is 0 Å². The first-order valence-corrected chi connectivity index (χ1v) is 6.54. The molecule has 5 nitrogen and oxygen atoms in total. The van der Waals surface area contributed by atoms with Gasteiger partial charge >= 0.3 is 0 Å². The highest BCUT2D eigenvalue weighted by Gasteiger charge is 2.29. The Morgan fingerprint density at radius 2 is 2.33 bits per heavy atom. The Hall–Kier alpha value is -1.30. The van der Waals surface area contributed by atoms with Crippen molar-refractivity contribution in [3.63, 3.8) is 0 Å². The van der Waals surface area contributed by atoms with Crippen LogP contribution in [-0.2, 0) is 9.84 Å². The van der Waals surface area contributed by atoms with E-state index in [1.165, 1.54) is 0 Å². The van der Waals surface area contributed by atoms with Crippen molar-refractivity contribution in [2.75, 3.05) is 11.5 Å². The molecule has 2 heterocycles. The maximum Gasteiger partial charge on any atom is 0.267 e. The molecule has 0 bridgehead atoms. The van der Waals surface area contributed by atoms with Crippen molar-refractivity contribution < 1.29 is 13.2 Å². The summed E-state index contributed by atoms with van der Waals surface area (Å²) in [5.74, 6) is -0.0237. The van der Waals surface area contributed by atoms with Crippen molar-refractivity contribution in [2.45, 2.75) is 12.5 Å². The molecule has 0 aliphatic carbocycles. The van der Waals surface area contributed by atoms with Gasteiger partial charge in [-0.05, 0) is 18.6 Å². The summed E-state index contributed by atoms with van der Waals surface area (Å²) in [7, 11) is -2.93. The number of rotatable bonds is 2. The molecule has 1 aromatic rings. The van der Waals surface area contributed by atoms with Crippen molar-refractivity contribution in [1.29, 1.82) is 0 Å². The zero-order chi connectivity index (χ0) is 10.9. The van der Waals surface area contributed by atoms with Gasteiger partial charge in [-0.25, -0.2) is 8.42 Å². The van der Waals surface area contributed by atoms with Crippen LogP contribution in [0.4, 0.5) is 0 Å². The molecule has 1 unspecified atom stereocenters. The molecule has 6 heteroatoms. The van der Waals surface area contributed by atoms with Gasteiger partial charge in [0, 0.05) is 12.2 Å². The number of carbonyl (C=O) groups is 1. The minimum Gasteiger partial charge on any atom is -0.357 e. The van der Waals surface area contributed by atoms with Crippen molar-refractivity contribution in [2.24, 2.45) is 0 Å². The molecule has 0 saturated carbocycles. The molecular weight excluding hydrogens is 216 g/mol. The van der Waals surface area contributed by atoms with Crippen LogP contribution in [0.3, 0.4) is 0 Å². The number of aromatic amines is 1. The molecule has 1 aliphatic heterocycles. The highest BCUT2D eigenvalue weighted by molar-refractivity contribution is 7.91. The minimum atomic E-state index is -2.93. The van der Waals surface area contributed by atoms with E-state index in [9.17, 15) is 13.2 Å². The summed E-state index contributed by atoms with van der Waals surface area (Å²) in [6.07, 6.45) is 2.16. The van der Waals surface area contributed by atoms with Crippen LogP contribution in [0.1, 0.15) is 16.9 Å². The molecular formula is C9H12N2O3S. The summed E-state index contributed by atoms with van der Waals surface area (Å²) in [6.45, 7) is 0. The Kier molecular flexibility index (Phi) is 2.52. The lowest BCUT2D eigenvalue weighted by Crippen LogP contribution is -2.35. The van der Waals surface area contributed by atoms with Gasteiger partial charge in [0.2, 0.25) is 0 Å². The Labute approximate surface area is 87.8 Å². The molecule has 15 heavy (non-hydrogen) atoms. The summed E-state index contributed by atoms with van der Waals surface area (Å²) in [4.78, 5) is 14.3. The molecule has 1 amide bonds. The number of sulfone groups is 1. The second-order valence-electron chi connectivity index (χ2n) is 3.66. The maximum absolute atomic E-state index is 11.5. The van der Waals surface area contributed by atoms with Crippen LogP contribution in [0.2, 0.25) is 0 Å². The van der Waals surface area contributed by atoms with E-state index in [-0.39, 0.29) is 23.5 Å². The summed E-state index contributed by atoms with van der Waals surface area (Å²) in [5, 5.41) is 2.69. The quantitative estimate of drug-likeness (QED) is 0.743. The van der Waals surface area contributed by atoms with Gasteiger partial charge in [0.25, 0.3) is 5.91 Å². The molecule has 1 fully saturated rings. The fourth-order valence-electron chi connectivity index (χ4n) is 1.64. The van der Waals surface area contributed by atoms with E-state index in [1.54, 1.807) is 18.3 Å². The number of H-pyrrole nitrogens is 1. The third-order valence-corrected chi connectivity index (χ3v) is 4.18. The van der Waals surface area contributed by atoms with Crippen molar-refractivity contribution in [3.05, 3.63) is 24.0 Å². The van der Waals surface area contributed by atoms with Crippen molar-refractivity contribution >= 4 is 15.7 Å². The molecule has 2 N–H and O–H groups in total. The molecule has 0 radical (unpaired) electrons. The monoisotopic (exact) mass is 228 g/mol. The Bertz CT molecular complexity index is 450. The van der Waals surface area contributed by atoms with Crippen molar-refractivity contribution in [1.82, 2.24) is 10.3 Å². The number of carbonyl (C=O) groups excluding carboxylic acids is 1. The van der Waals surface area contributed by atoms with Crippen molar-refractivity contribution in [3.8, 4) is 0 Å². The predicted octanol–water partition coefficient (Wildman–Crippen LogP) is -0.0684. The van der Waals surface area contributed by atoms with Crippen LogP contribution in [0, 0.1) is 0 Å². The molecule has 0 spiro atoms. The fourth-order valence-corrected chi connectivity index (χ4v) is 3.32. The van der Waals surface area contributed by atoms with Gasteiger partial charge in [0.05, 0.1) is 11.5 Å². The standard InChI is InChI=1S/C9H12N2O3S/c12-9(8-2-1-4-10-8)11-7-3-5-15(13,14)6-7/h1-2,4,7,10H,3,5-6H2,(H,11,12). The van der Waals surface area contributed by atoms with E-state index >= 15 is 0 Å². The average molecular weight is 228 g/mol. The number of amides is 1. The van der Waals surface area contributed by atoms with Crippen LogP contribution in [0.15, 0.2) is 18.3 Å². The second kappa shape index (κ2) is 3.69. The molecule has 1 saturated heterocycles. The lowest BCUT2D eigenvalue weighted by atomic mass is 10.2. The van der Waals surface area contributed by atoms with Gasteiger partial charge in [-0.3, -0.25) is 4.79 Å². The predicted molar refractivity (Wildman–Crippen MR) is 55.3 cm³/mol. The van der Waals surface area contributed by atoms with Gasteiger partial charge < -0.3 is 10.3 Å². The number of hydrogen-bond donors (Lipinski definition) is 2. The molecule has 1 aromatic heterocycles. The summed E-state index contributed by atoms with van der Waals surface area (Å²) >= 11 is 0. The van der Waals surface area contributed by atoms with Gasteiger partial charge in [-0.1, -0.05) is 0 Å². The lowest BCUT2D eigenvalue weighted by Gasteiger charge is -2.09. The largest absolute Gasteiger partial charge is 0.357 e. The van der Waals surface area contributed by atoms with Gasteiger partial charge in [-0.15, -0.1) is 0 Å². The van der Waals surface area contributed by atoms with Crippen LogP contribution < -0.4 is 5.32 Å². The normalized spacial score (nSPS) is 23.9. The van der Waals surface area contributed by atoms with Gasteiger partial charge in [0.1, 0.15) is 5.69 Å². The zero-order valence-corrected chi connectivity index (χ0v) is 8.88. The minimum absolute atomic E-state index is 0.0550. The molecule has 2 rings (SSSR count). The van der Waals surface area contributed by atoms with Gasteiger partial charge in [-0.2, -0.15) is 0 Å². The van der Waals surface area contributed by atoms with E-state index in [0.717, 1.165) is 0 Å². The Balaban J connectivity index is 1.97. The number of hydrogen-bond acceptors (Lipinski definition) is 3. The Morgan fingerprint density at radius 3 is 2.87 bits per heavy atom. The topological polar surface area (TPSA) is 79.0 Å². The second-order valence-corrected chi connectivity index (χ2v) is 5.89. The number of aromatic nitrogens is 1. The molecule has 0 aromatic carbocycles. The first-order chi connectivity index (χ1) is 7.07. The lowest BCUT2D eigenvalue weighted by molar-refractivity contribution is 0.0936. The maximum atomic E-state index is 11.5. The van der Waals surface area contributed by atoms with Crippen LogP contribution >= 0.6 is 0 Å². The third-order valence-electron chi connectivity index (χ3n) is 2.41. The van der Waals surface area contributed by atoms with E-state index in [0.29, 0.717) is 12.1 Å². The average Bonchev–Trinajstić information content (AvgIpc) is 2.74. The summed E-state index contributed by atoms with van der Waals surface area (Å²) < 4.78 is 22.3. The summed E-state index contributed by atoms with van der Waals surface area (Å²) in [6, 6.07) is 3.13. The highest BCUT2D eigenvalue weighted by Crippen LogP contribution is 2.11. The molecule has 1 aliphatic rings. The van der Waals surface area contributed by atoms with Crippen LogP contribution in [-0.4, -0.2) is 36.9 Å². The SMILES string of the molecule is O=C(NC1CCS(=O)(=O)C1)c1ccc[nH]1. The Morgan fingerprint density at radius 1 is 1.53 bits per heavy atom. The first kappa shape index (κ1) is 10.2. The highest BCUT2D eigenvalue weighted by atomic mass is 32.2.